The van der Waals surface area contributed by atoms with Crippen molar-refractivity contribution in [3.63, 3.8) is 0 Å². The van der Waals surface area contributed by atoms with E-state index in [0.717, 1.165) is 11.6 Å². The summed E-state index contributed by atoms with van der Waals surface area (Å²) in [7, 11) is 3.38. The molecule has 3 aromatic heterocycles. The number of nitrogens with one attached hydrogen (secondary N) is 1. The maximum Gasteiger partial charge on any atom is 0.433 e. The van der Waals surface area contributed by atoms with Crippen molar-refractivity contribution in [2.45, 2.75) is 58.0 Å². The molecule has 1 aliphatic rings. The number of ether oxygens (including phenoxy) is 1. The number of aryl methyl sites for hydroxylation is 3. The lowest BCUT2D eigenvalue weighted by molar-refractivity contribution is -0.141. The Kier molecular flexibility index (Phi) is 6.98. The Morgan fingerprint density at radius 1 is 1.17 bits per heavy atom. The van der Waals surface area contributed by atoms with Gasteiger partial charge in [-0.2, -0.15) is 18.3 Å². The number of halogens is 3. The van der Waals surface area contributed by atoms with E-state index in [1.165, 1.54) is 12.3 Å². The van der Waals surface area contributed by atoms with Crippen LogP contribution in [0.25, 0.3) is 0 Å². The van der Waals surface area contributed by atoms with Crippen LogP contribution < -0.4 is 10.2 Å². The van der Waals surface area contributed by atoms with Crippen LogP contribution in [0.3, 0.4) is 0 Å². The average molecular weight is 504 g/mol. The van der Waals surface area contributed by atoms with Crippen molar-refractivity contribution in [2.24, 2.45) is 0 Å². The minimum absolute atomic E-state index is 0.163. The number of fused-ring (bicyclic) bond motifs is 1. The third kappa shape index (κ3) is 5.03. The normalized spacial score (nSPS) is 17.5. The van der Waals surface area contributed by atoms with Gasteiger partial charge in [-0.25, -0.2) is 9.97 Å². The van der Waals surface area contributed by atoms with Gasteiger partial charge >= 0.3 is 6.18 Å². The van der Waals surface area contributed by atoms with Crippen LogP contribution in [0.15, 0.2) is 30.7 Å². The van der Waals surface area contributed by atoms with Gasteiger partial charge in [0.15, 0.2) is 5.82 Å². The SMILES string of the molecule is CO[C@H](C)[C@H]1C(=O)Nc2c(C)nc(CCc3cnn([C@@H](C)c4ccc(C(F)(F)F)nc4)c3)nc2N1C. The summed E-state index contributed by atoms with van der Waals surface area (Å²) in [4.78, 5) is 27.2. The molecule has 0 unspecified atom stereocenters. The van der Waals surface area contributed by atoms with E-state index < -0.39 is 17.9 Å². The number of methoxy groups -OCH3 is 1. The Balaban J connectivity index is 1.47. The summed E-state index contributed by atoms with van der Waals surface area (Å²) < 4.78 is 45.4. The number of carbonyl (C=O) groups is 1. The van der Waals surface area contributed by atoms with Crippen LogP contribution in [0.5, 0.6) is 0 Å². The van der Waals surface area contributed by atoms with Crippen LogP contribution in [0.2, 0.25) is 0 Å². The van der Waals surface area contributed by atoms with Crippen LogP contribution in [0.4, 0.5) is 24.7 Å². The lowest BCUT2D eigenvalue weighted by Crippen LogP contribution is -2.53. The van der Waals surface area contributed by atoms with Gasteiger partial charge in [-0.3, -0.25) is 14.5 Å². The fourth-order valence-corrected chi connectivity index (χ4v) is 4.24. The molecule has 0 spiro atoms. The van der Waals surface area contributed by atoms with E-state index in [1.54, 1.807) is 18.0 Å². The molecule has 0 radical (unpaired) electrons. The Hall–Kier alpha value is -3.54. The molecule has 4 heterocycles. The minimum Gasteiger partial charge on any atom is -0.379 e. The third-order valence-electron chi connectivity index (χ3n) is 6.45. The molecule has 0 aromatic carbocycles. The first-order chi connectivity index (χ1) is 17.0. The fraction of sp³-hybridized carbons (Fsp3) is 0.458. The van der Waals surface area contributed by atoms with E-state index in [-0.39, 0.29) is 18.1 Å². The van der Waals surface area contributed by atoms with E-state index in [0.29, 0.717) is 41.4 Å². The molecule has 0 saturated heterocycles. The fourth-order valence-electron chi connectivity index (χ4n) is 4.24. The second-order valence-corrected chi connectivity index (χ2v) is 8.89. The average Bonchev–Trinajstić information content (AvgIpc) is 3.31. The summed E-state index contributed by atoms with van der Waals surface area (Å²) in [6.45, 7) is 5.51. The monoisotopic (exact) mass is 503 g/mol. The zero-order valence-corrected chi connectivity index (χ0v) is 20.7. The number of hydrogen-bond donors (Lipinski definition) is 1. The first-order valence-electron chi connectivity index (χ1n) is 11.5. The van der Waals surface area contributed by atoms with Gasteiger partial charge < -0.3 is 15.0 Å². The van der Waals surface area contributed by atoms with Gasteiger partial charge in [0.05, 0.1) is 24.0 Å². The summed E-state index contributed by atoms with van der Waals surface area (Å²) in [6, 6.07) is 1.60. The predicted molar refractivity (Wildman–Crippen MR) is 127 cm³/mol. The Bertz CT molecular complexity index is 1240. The second kappa shape index (κ2) is 9.84. The number of carbonyl (C=O) groups excluding carboxylic acids is 1. The molecular weight excluding hydrogens is 475 g/mol. The molecule has 0 saturated carbocycles. The van der Waals surface area contributed by atoms with Gasteiger partial charge in [0, 0.05) is 33.0 Å². The summed E-state index contributed by atoms with van der Waals surface area (Å²) >= 11 is 0. The predicted octanol–water partition coefficient (Wildman–Crippen LogP) is 3.58. The number of rotatable bonds is 7. The van der Waals surface area contributed by atoms with Gasteiger partial charge in [-0.1, -0.05) is 6.07 Å². The van der Waals surface area contributed by atoms with Crippen molar-refractivity contribution in [3.8, 4) is 0 Å². The molecule has 192 valence electrons. The summed E-state index contributed by atoms with van der Waals surface area (Å²) in [5, 5.41) is 7.28. The minimum atomic E-state index is -4.47. The molecule has 4 rings (SSSR count). The summed E-state index contributed by atoms with van der Waals surface area (Å²) in [5.74, 6) is 1.11. The van der Waals surface area contributed by atoms with Gasteiger partial charge in [0.25, 0.3) is 0 Å². The highest BCUT2D eigenvalue weighted by atomic mass is 19.4. The van der Waals surface area contributed by atoms with Crippen LogP contribution in [-0.2, 0) is 28.5 Å². The molecule has 1 amide bonds. The lowest BCUT2D eigenvalue weighted by Gasteiger charge is -2.37. The van der Waals surface area contributed by atoms with Crippen molar-refractivity contribution in [1.29, 1.82) is 0 Å². The van der Waals surface area contributed by atoms with E-state index in [9.17, 15) is 18.0 Å². The first-order valence-corrected chi connectivity index (χ1v) is 11.5. The van der Waals surface area contributed by atoms with Gasteiger partial charge in [0.1, 0.15) is 23.2 Å². The number of nitrogens with zero attached hydrogens (tertiary/aromatic N) is 6. The number of aromatic nitrogens is 5. The number of hydrogen-bond acceptors (Lipinski definition) is 7. The van der Waals surface area contributed by atoms with Gasteiger partial charge in [-0.05, 0) is 44.4 Å². The Morgan fingerprint density at radius 3 is 2.56 bits per heavy atom. The molecule has 3 atom stereocenters. The number of alkyl halides is 3. The summed E-state index contributed by atoms with van der Waals surface area (Å²) in [6.07, 6.45) is 1.17. The molecule has 1 aliphatic heterocycles. The maximum absolute atomic E-state index is 12.8. The van der Waals surface area contributed by atoms with Crippen LogP contribution in [0.1, 0.15) is 48.2 Å². The Morgan fingerprint density at radius 2 is 1.92 bits per heavy atom. The van der Waals surface area contributed by atoms with Crippen molar-refractivity contribution in [3.05, 3.63) is 59.1 Å². The molecule has 0 fully saturated rings. The molecular formula is C24H28F3N7O2. The van der Waals surface area contributed by atoms with Crippen molar-refractivity contribution < 1.29 is 22.7 Å². The van der Waals surface area contributed by atoms with E-state index in [1.807, 2.05) is 38.9 Å². The molecule has 36 heavy (non-hydrogen) atoms. The van der Waals surface area contributed by atoms with Crippen molar-refractivity contribution in [2.75, 3.05) is 24.4 Å². The Labute approximate surface area is 206 Å². The first kappa shape index (κ1) is 25.5. The lowest BCUT2D eigenvalue weighted by atomic mass is 10.1. The number of likely N-dealkylation sites (N-methyl/N-ethyl adjacent to an activating group) is 1. The van der Waals surface area contributed by atoms with Crippen LogP contribution in [-0.4, -0.2) is 56.9 Å². The molecule has 0 aliphatic carbocycles. The van der Waals surface area contributed by atoms with E-state index in [4.69, 9.17) is 9.72 Å². The molecule has 0 bridgehead atoms. The van der Waals surface area contributed by atoms with Gasteiger partial charge in [-0.15, -0.1) is 0 Å². The molecule has 12 heteroatoms. The van der Waals surface area contributed by atoms with E-state index >= 15 is 0 Å². The van der Waals surface area contributed by atoms with Crippen LogP contribution in [0, 0.1) is 6.92 Å². The standard InChI is InChI=1S/C24H28F3N7O2/c1-13-20-22(33(4)21(15(3)36-5)23(35)32-20)31-19(30-13)9-6-16-10-29-34(12-16)14(2)17-7-8-18(28-11-17)24(25,26)27/h7-8,10-12,14-15,21H,6,9H2,1-5H3,(H,32,35)/t14-,15+,21-/m0/s1. The highest BCUT2D eigenvalue weighted by Gasteiger charge is 2.37. The number of pyridine rings is 1. The zero-order valence-electron chi connectivity index (χ0n) is 20.7. The third-order valence-corrected chi connectivity index (χ3v) is 6.45. The molecule has 9 nitrogen and oxygen atoms in total. The largest absolute Gasteiger partial charge is 0.433 e. The zero-order chi connectivity index (χ0) is 26.2. The molecule has 1 N–H and O–H groups in total. The van der Waals surface area contributed by atoms with Crippen LogP contribution >= 0.6 is 0 Å². The van der Waals surface area contributed by atoms with Crippen molar-refractivity contribution >= 4 is 17.4 Å². The maximum atomic E-state index is 12.8. The van der Waals surface area contributed by atoms with Crippen molar-refractivity contribution in [1.82, 2.24) is 24.7 Å². The van der Waals surface area contributed by atoms with Gasteiger partial charge in [0.2, 0.25) is 5.91 Å². The highest BCUT2D eigenvalue weighted by Crippen LogP contribution is 2.33. The number of anilines is 2. The quantitative estimate of drug-likeness (QED) is 0.526. The summed E-state index contributed by atoms with van der Waals surface area (Å²) in [5.41, 5.74) is 1.91. The molecule has 3 aromatic rings. The topological polar surface area (TPSA) is 98.1 Å². The highest BCUT2D eigenvalue weighted by molar-refractivity contribution is 6.03. The van der Waals surface area contributed by atoms with E-state index in [2.05, 4.69) is 20.4 Å². The second-order valence-electron chi connectivity index (χ2n) is 8.89. The number of amides is 1. The smallest absolute Gasteiger partial charge is 0.379 e.